The molecule has 190 valence electrons. The highest BCUT2D eigenvalue weighted by Gasteiger charge is 2.32. The van der Waals surface area contributed by atoms with Gasteiger partial charge in [-0.05, 0) is 62.1 Å². The molecule has 1 unspecified atom stereocenters. The number of aromatic nitrogens is 4. The van der Waals surface area contributed by atoms with Crippen LogP contribution in [0.15, 0.2) is 47.5 Å². The average molecular weight is 502 g/mol. The maximum atomic E-state index is 14.6. The van der Waals surface area contributed by atoms with Gasteiger partial charge in [0.15, 0.2) is 0 Å². The number of halogens is 1. The molecule has 0 bridgehead atoms. The molecule has 0 aliphatic heterocycles. The van der Waals surface area contributed by atoms with E-state index in [4.69, 9.17) is 20.9 Å². The monoisotopic (exact) mass is 501 g/mol. The van der Waals surface area contributed by atoms with Gasteiger partial charge in [-0.2, -0.15) is 0 Å². The van der Waals surface area contributed by atoms with Crippen molar-refractivity contribution in [1.29, 1.82) is 5.41 Å². The van der Waals surface area contributed by atoms with E-state index in [1.165, 1.54) is 12.4 Å². The zero-order valence-electron chi connectivity index (χ0n) is 20.9. The number of hydrogen-bond donors (Lipinski definition) is 3. The lowest BCUT2D eigenvalue weighted by Crippen LogP contribution is -2.29. The number of nitrogens with two attached hydrogens (primary N) is 1. The molecule has 2 aromatic heterocycles. The van der Waals surface area contributed by atoms with Crippen molar-refractivity contribution in [2.24, 2.45) is 0 Å². The Morgan fingerprint density at radius 1 is 1.30 bits per heavy atom. The molecule has 1 atom stereocenters. The largest absolute Gasteiger partial charge is 0.496 e. The number of ether oxygens (including phenoxy) is 1. The second-order valence-electron chi connectivity index (χ2n) is 9.16. The van der Waals surface area contributed by atoms with E-state index in [9.17, 15) is 9.18 Å². The van der Waals surface area contributed by atoms with Crippen LogP contribution in [0.3, 0.4) is 0 Å². The van der Waals surface area contributed by atoms with E-state index in [0.29, 0.717) is 34.7 Å². The molecule has 0 spiro atoms. The number of nitrogens with zero attached hydrogens (tertiary/aromatic N) is 4. The summed E-state index contributed by atoms with van der Waals surface area (Å²) in [6, 6.07) is 9.43. The van der Waals surface area contributed by atoms with E-state index in [2.05, 4.69) is 15.3 Å². The molecule has 2 heterocycles. The average Bonchev–Trinajstić information content (AvgIpc) is 3.72. The van der Waals surface area contributed by atoms with Crippen LogP contribution in [0.2, 0.25) is 0 Å². The summed E-state index contributed by atoms with van der Waals surface area (Å²) in [4.78, 5) is 26.6. The van der Waals surface area contributed by atoms with Crippen molar-refractivity contribution in [2.45, 2.75) is 45.2 Å². The van der Waals surface area contributed by atoms with E-state index in [0.717, 1.165) is 24.2 Å². The molecule has 1 aliphatic carbocycles. The van der Waals surface area contributed by atoms with Gasteiger partial charge in [0.1, 0.15) is 40.7 Å². The third kappa shape index (κ3) is 4.39. The number of fused-ring (bicyclic) bond motifs is 1. The van der Waals surface area contributed by atoms with Crippen LogP contribution in [-0.2, 0) is 0 Å². The molecule has 4 N–H and O–H groups in total. The Morgan fingerprint density at radius 2 is 2.08 bits per heavy atom. The number of aryl methyl sites for hydroxylation is 1. The summed E-state index contributed by atoms with van der Waals surface area (Å²) in [7, 11) is 1.60. The second kappa shape index (κ2) is 9.61. The van der Waals surface area contributed by atoms with Gasteiger partial charge in [0.25, 0.3) is 5.56 Å². The van der Waals surface area contributed by atoms with E-state index in [1.807, 2.05) is 19.9 Å². The summed E-state index contributed by atoms with van der Waals surface area (Å²) in [6.45, 7) is 3.86. The summed E-state index contributed by atoms with van der Waals surface area (Å²) in [5, 5.41) is 12.3. The summed E-state index contributed by atoms with van der Waals surface area (Å²) >= 11 is 0. The maximum Gasteiger partial charge on any atom is 0.264 e. The van der Waals surface area contributed by atoms with Gasteiger partial charge in [0.2, 0.25) is 0 Å². The fourth-order valence-electron chi connectivity index (χ4n) is 4.60. The number of methoxy groups -OCH3 is 1. The quantitative estimate of drug-likeness (QED) is 0.302. The van der Waals surface area contributed by atoms with Crippen molar-refractivity contribution in [3.8, 4) is 5.75 Å². The summed E-state index contributed by atoms with van der Waals surface area (Å²) < 4.78 is 21.5. The zero-order valence-corrected chi connectivity index (χ0v) is 20.9. The highest BCUT2D eigenvalue weighted by Crippen LogP contribution is 2.37. The number of benzene rings is 2. The minimum Gasteiger partial charge on any atom is -0.496 e. The van der Waals surface area contributed by atoms with Crippen LogP contribution in [0.4, 0.5) is 16.0 Å². The van der Waals surface area contributed by atoms with Gasteiger partial charge in [-0.1, -0.05) is 13.0 Å². The molecule has 1 saturated carbocycles. The van der Waals surface area contributed by atoms with Gasteiger partial charge in [0, 0.05) is 11.6 Å². The van der Waals surface area contributed by atoms with Crippen LogP contribution in [-0.4, -0.2) is 32.3 Å². The van der Waals surface area contributed by atoms with Crippen LogP contribution >= 0.6 is 0 Å². The van der Waals surface area contributed by atoms with Crippen molar-refractivity contribution >= 4 is 28.3 Å². The van der Waals surface area contributed by atoms with E-state index in [1.54, 1.807) is 35.9 Å². The molecule has 4 aromatic rings. The Labute approximate surface area is 213 Å². The van der Waals surface area contributed by atoms with Crippen LogP contribution in [0.5, 0.6) is 5.75 Å². The predicted molar refractivity (Wildman–Crippen MR) is 141 cm³/mol. The number of anilines is 2. The number of nitrogen functional groups attached to an aromatic ring is 1. The van der Waals surface area contributed by atoms with Crippen molar-refractivity contribution < 1.29 is 9.13 Å². The minimum absolute atomic E-state index is 0.00312. The zero-order chi connectivity index (χ0) is 26.3. The molecule has 0 radical (unpaired) electrons. The molecule has 10 heteroatoms. The smallest absolute Gasteiger partial charge is 0.264 e. The molecule has 0 amide bonds. The van der Waals surface area contributed by atoms with Crippen LogP contribution < -0.4 is 21.3 Å². The third-order valence-corrected chi connectivity index (χ3v) is 6.66. The SMILES string of the molecule is CCC(Nc1ncnc(N)c1C(=N)c1ccc(OC)c(C)c1)c1nc2cccc(F)c2c(=O)n1C1CC1. The molecule has 2 aromatic carbocycles. The molecule has 1 fully saturated rings. The van der Waals surface area contributed by atoms with Gasteiger partial charge < -0.3 is 15.8 Å². The fraction of sp³-hybridized carbons (Fsp3) is 0.296. The first-order chi connectivity index (χ1) is 17.8. The Hall–Kier alpha value is -4.34. The third-order valence-electron chi connectivity index (χ3n) is 6.66. The van der Waals surface area contributed by atoms with Gasteiger partial charge >= 0.3 is 0 Å². The molecular weight excluding hydrogens is 473 g/mol. The molecule has 5 rings (SSSR count). The lowest BCUT2D eigenvalue weighted by atomic mass is 10.0. The molecule has 0 saturated heterocycles. The Bertz CT molecular complexity index is 1580. The molecule has 37 heavy (non-hydrogen) atoms. The Morgan fingerprint density at radius 3 is 2.76 bits per heavy atom. The first-order valence-electron chi connectivity index (χ1n) is 12.2. The number of hydrogen-bond acceptors (Lipinski definition) is 8. The van der Waals surface area contributed by atoms with Crippen molar-refractivity contribution in [3.05, 3.63) is 81.4 Å². The molecular formula is C27H28FN7O2. The normalized spacial score (nSPS) is 13.9. The van der Waals surface area contributed by atoms with E-state index >= 15 is 0 Å². The summed E-state index contributed by atoms with van der Waals surface area (Å²) in [6.07, 6.45) is 3.55. The van der Waals surface area contributed by atoms with Crippen molar-refractivity contribution in [2.75, 3.05) is 18.2 Å². The first kappa shape index (κ1) is 24.4. The van der Waals surface area contributed by atoms with Crippen molar-refractivity contribution in [1.82, 2.24) is 19.5 Å². The van der Waals surface area contributed by atoms with E-state index < -0.39 is 11.9 Å². The molecule has 9 nitrogen and oxygen atoms in total. The Balaban J connectivity index is 1.59. The predicted octanol–water partition coefficient (Wildman–Crippen LogP) is 4.54. The highest BCUT2D eigenvalue weighted by molar-refractivity contribution is 6.16. The lowest BCUT2D eigenvalue weighted by molar-refractivity contribution is 0.411. The van der Waals surface area contributed by atoms with Crippen LogP contribution in [0.1, 0.15) is 60.8 Å². The van der Waals surface area contributed by atoms with Gasteiger partial charge in [-0.15, -0.1) is 0 Å². The molecule has 1 aliphatic rings. The van der Waals surface area contributed by atoms with Gasteiger partial charge in [-0.25, -0.2) is 19.3 Å². The van der Waals surface area contributed by atoms with Gasteiger partial charge in [0.05, 0.1) is 29.9 Å². The van der Waals surface area contributed by atoms with Crippen LogP contribution in [0, 0.1) is 18.2 Å². The topological polar surface area (TPSA) is 132 Å². The second-order valence-corrected chi connectivity index (χ2v) is 9.16. The summed E-state index contributed by atoms with van der Waals surface area (Å²) in [5.74, 6) is 1.15. The highest BCUT2D eigenvalue weighted by atomic mass is 19.1. The fourth-order valence-corrected chi connectivity index (χ4v) is 4.60. The van der Waals surface area contributed by atoms with Crippen LogP contribution in [0.25, 0.3) is 10.9 Å². The first-order valence-corrected chi connectivity index (χ1v) is 12.2. The van der Waals surface area contributed by atoms with Gasteiger partial charge in [-0.3, -0.25) is 14.8 Å². The number of rotatable bonds is 8. The Kier molecular flexibility index (Phi) is 6.32. The minimum atomic E-state index is -0.578. The summed E-state index contributed by atoms with van der Waals surface area (Å²) in [5.41, 5.74) is 8.17. The lowest BCUT2D eigenvalue weighted by Gasteiger charge is -2.23. The maximum absolute atomic E-state index is 14.6. The number of nitrogens with one attached hydrogen (secondary N) is 2. The standard InChI is InChI=1S/C27H28FN7O2/c1-4-18(26-34-19-7-5-6-17(28)21(19)27(36)35(26)16-9-10-16)33-25-22(24(30)31-13-32-25)23(29)15-8-11-20(37-3)14(2)12-15/h5-8,11-13,16,18,29H,4,9-10H2,1-3H3,(H3,30,31,32,33). The van der Waals surface area contributed by atoms with Crippen molar-refractivity contribution in [3.63, 3.8) is 0 Å². The van der Waals surface area contributed by atoms with E-state index in [-0.39, 0.29) is 28.5 Å².